The summed E-state index contributed by atoms with van der Waals surface area (Å²) in [6.45, 7) is 2.20. The van der Waals surface area contributed by atoms with E-state index in [9.17, 15) is 9.59 Å². The molecule has 0 saturated carbocycles. The van der Waals surface area contributed by atoms with Gasteiger partial charge in [0.25, 0.3) is 5.56 Å². The Kier molecular flexibility index (Phi) is 5.93. The molecule has 0 aliphatic carbocycles. The van der Waals surface area contributed by atoms with Gasteiger partial charge in [-0.15, -0.1) is 24.8 Å². The average Bonchev–Trinajstić information content (AvgIpc) is 2.27. The largest absolute Gasteiger partial charge is 0.369 e. The van der Waals surface area contributed by atoms with Crippen LogP contribution in [0.15, 0.2) is 4.79 Å². The topological polar surface area (TPSA) is 113 Å². The van der Waals surface area contributed by atoms with Gasteiger partial charge >= 0.3 is 0 Å². The van der Waals surface area contributed by atoms with E-state index in [1.165, 1.54) is 0 Å². The van der Waals surface area contributed by atoms with Crippen LogP contribution < -0.4 is 21.9 Å². The van der Waals surface area contributed by atoms with Crippen molar-refractivity contribution in [2.24, 2.45) is 0 Å². The van der Waals surface area contributed by atoms with Crippen molar-refractivity contribution in [3.8, 4) is 0 Å². The summed E-state index contributed by atoms with van der Waals surface area (Å²) < 4.78 is 0. The molecule has 2 heterocycles. The SMILES string of the molecule is CCC(=O)C1CNc2nc(N)[nH]c(=O)c2N1.Cl.Cl. The first-order valence-electron chi connectivity index (χ1n) is 5.04. The predicted octanol–water partition coefficient (Wildman–Crippen LogP) is 0.381. The third kappa shape index (κ3) is 3.05. The molecule has 1 unspecified atom stereocenters. The Balaban J connectivity index is 0.00000144. The normalized spacial score (nSPS) is 16.2. The van der Waals surface area contributed by atoms with Crippen LogP contribution >= 0.6 is 24.8 Å². The number of carbonyl (C=O) groups excluding carboxylic acids is 1. The molecule has 0 spiro atoms. The summed E-state index contributed by atoms with van der Waals surface area (Å²) in [6.07, 6.45) is 0.426. The molecule has 0 bridgehead atoms. The van der Waals surface area contributed by atoms with Crippen LogP contribution in [0.1, 0.15) is 13.3 Å². The standard InChI is InChI=1S/C9H13N5O2.2ClH/c1-2-5(15)4-3-11-7-6(12-4)8(16)14-9(10)13-7;;/h4,12H,2-3H2,1H3,(H4,10,11,13,14,16);2*1H. The Bertz CT molecular complexity index is 490. The molecular weight excluding hydrogens is 281 g/mol. The maximum atomic E-state index is 11.6. The molecule has 18 heavy (non-hydrogen) atoms. The van der Waals surface area contributed by atoms with E-state index in [-0.39, 0.29) is 53.8 Å². The Labute approximate surface area is 116 Å². The lowest BCUT2D eigenvalue weighted by molar-refractivity contribution is -0.119. The third-order valence-corrected chi connectivity index (χ3v) is 2.47. The number of hydrogen-bond donors (Lipinski definition) is 4. The molecule has 1 aliphatic heterocycles. The van der Waals surface area contributed by atoms with Crippen LogP contribution in [0.3, 0.4) is 0 Å². The highest BCUT2D eigenvalue weighted by atomic mass is 35.5. The predicted molar refractivity (Wildman–Crippen MR) is 75.0 cm³/mol. The molecule has 2 rings (SSSR count). The number of nitrogens with zero attached hydrogens (tertiary/aromatic N) is 1. The van der Waals surface area contributed by atoms with E-state index in [4.69, 9.17) is 5.73 Å². The first kappa shape index (κ1) is 16.5. The van der Waals surface area contributed by atoms with Crippen LogP contribution in [0, 0.1) is 0 Å². The number of fused-ring (bicyclic) bond motifs is 1. The Hall–Kier alpha value is -1.47. The minimum absolute atomic E-state index is 0. The number of nitrogens with two attached hydrogens (primary N) is 1. The summed E-state index contributed by atoms with van der Waals surface area (Å²) in [4.78, 5) is 29.4. The maximum Gasteiger partial charge on any atom is 0.277 e. The zero-order valence-corrected chi connectivity index (χ0v) is 11.3. The number of aromatic amines is 1. The molecule has 0 aromatic carbocycles. The van der Waals surface area contributed by atoms with E-state index in [0.29, 0.717) is 18.8 Å². The van der Waals surface area contributed by atoms with Crippen molar-refractivity contribution in [3.05, 3.63) is 10.4 Å². The van der Waals surface area contributed by atoms with E-state index in [2.05, 4.69) is 20.6 Å². The summed E-state index contributed by atoms with van der Waals surface area (Å²) in [5.74, 6) is 0.495. The number of nitrogen functional groups attached to an aromatic ring is 1. The van der Waals surface area contributed by atoms with E-state index in [1.807, 2.05) is 0 Å². The second-order valence-electron chi connectivity index (χ2n) is 3.57. The lowest BCUT2D eigenvalue weighted by atomic mass is 10.1. The van der Waals surface area contributed by atoms with Gasteiger partial charge in [-0.05, 0) is 0 Å². The van der Waals surface area contributed by atoms with Crippen molar-refractivity contribution < 1.29 is 4.79 Å². The van der Waals surface area contributed by atoms with Gasteiger partial charge in [0, 0.05) is 13.0 Å². The lowest BCUT2D eigenvalue weighted by Crippen LogP contribution is -2.42. The quantitative estimate of drug-likeness (QED) is 0.627. The summed E-state index contributed by atoms with van der Waals surface area (Å²) in [5, 5.41) is 5.78. The van der Waals surface area contributed by atoms with Crippen molar-refractivity contribution in [1.29, 1.82) is 0 Å². The Morgan fingerprint density at radius 1 is 1.50 bits per heavy atom. The van der Waals surface area contributed by atoms with Crippen molar-refractivity contribution in [1.82, 2.24) is 9.97 Å². The molecule has 5 N–H and O–H groups in total. The van der Waals surface area contributed by atoms with Gasteiger partial charge in [0.15, 0.2) is 11.6 Å². The first-order valence-corrected chi connectivity index (χ1v) is 5.04. The number of ketones is 1. The molecular formula is C9H15Cl2N5O2. The number of carbonyl (C=O) groups is 1. The Morgan fingerprint density at radius 2 is 2.17 bits per heavy atom. The molecule has 1 atom stereocenters. The van der Waals surface area contributed by atoms with Crippen LogP contribution in [0.25, 0.3) is 0 Å². The number of hydrogen-bond acceptors (Lipinski definition) is 6. The van der Waals surface area contributed by atoms with E-state index in [1.54, 1.807) is 6.92 Å². The zero-order valence-electron chi connectivity index (χ0n) is 9.65. The number of anilines is 3. The lowest BCUT2D eigenvalue weighted by Gasteiger charge is -2.25. The minimum atomic E-state index is -0.385. The molecule has 0 fully saturated rings. The molecule has 1 aliphatic rings. The molecule has 1 aromatic rings. The van der Waals surface area contributed by atoms with Crippen molar-refractivity contribution in [2.45, 2.75) is 19.4 Å². The number of halogens is 2. The Morgan fingerprint density at radius 3 is 2.78 bits per heavy atom. The van der Waals surface area contributed by atoms with E-state index >= 15 is 0 Å². The highest BCUT2D eigenvalue weighted by Gasteiger charge is 2.25. The number of rotatable bonds is 2. The fourth-order valence-corrected chi connectivity index (χ4v) is 1.62. The molecule has 0 amide bonds. The summed E-state index contributed by atoms with van der Waals surface area (Å²) >= 11 is 0. The number of Topliss-reactive ketones (excluding diaryl/α,β-unsaturated/α-hetero) is 1. The number of H-pyrrole nitrogens is 1. The van der Waals surface area contributed by atoms with Gasteiger partial charge in [-0.2, -0.15) is 4.98 Å². The zero-order chi connectivity index (χ0) is 11.7. The van der Waals surface area contributed by atoms with Crippen LogP contribution in [0.5, 0.6) is 0 Å². The number of nitrogens with one attached hydrogen (secondary N) is 3. The molecule has 0 saturated heterocycles. The van der Waals surface area contributed by atoms with Crippen molar-refractivity contribution in [2.75, 3.05) is 22.9 Å². The van der Waals surface area contributed by atoms with Crippen LogP contribution in [-0.4, -0.2) is 28.3 Å². The molecule has 102 valence electrons. The summed E-state index contributed by atoms with van der Waals surface area (Å²) in [7, 11) is 0. The van der Waals surface area contributed by atoms with Crippen molar-refractivity contribution in [3.63, 3.8) is 0 Å². The number of aromatic nitrogens is 2. The smallest absolute Gasteiger partial charge is 0.277 e. The van der Waals surface area contributed by atoms with E-state index < -0.39 is 0 Å². The maximum absolute atomic E-state index is 11.6. The molecule has 1 aromatic heterocycles. The minimum Gasteiger partial charge on any atom is -0.369 e. The van der Waals surface area contributed by atoms with Crippen LogP contribution in [-0.2, 0) is 4.79 Å². The fraction of sp³-hybridized carbons (Fsp3) is 0.444. The second-order valence-corrected chi connectivity index (χ2v) is 3.57. The van der Waals surface area contributed by atoms with Gasteiger partial charge in [0.1, 0.15) is 11.7 Å². The highest BCUT2D eigenvalue weighted by Crippen LogP contribution is 2.20. The van der Waals surface area contributed by atoms with Gasteiger partial charge < -0.3 is 16.4 Å². The summed E-state index contributed by atoms with van der Waals surface area (Å²) in [6, 6.07) is -0.385. The van der Waals surface area contributed by atoms with Gasteiger partial charge in [-0.25, -0.2) is 0 Å². The average molecular weight is 296 g/mol. The molecule has 9 heteroatoms. The molecule has 0 radical (unpaired) electrons. The van der Waals surface area contributed by atoms with Crippen LogP contribution in [0.4, 0.5) is 17.5 Å². The second kappa shape index (κ2) is 6.46. The van der Waals surface area contributed by atoms with Gasteiger partial charge in [-0.1, -0.05) is 6.92 Å². The van der Waals surface area contributed by atoms with Crippen molar-refractivity contribution >= 4 is 48.1 Å². The fourth-order valence-electron chi connectivity index (χ4n) is 1.62. The molecule has 7 nitrogen and oxygen atoms in total. The van der Waals surface area contributed by atoms with Crippen LogP contribution in [0.2, 0.25) is 0 Å². The third-order valence-electron chi connectivity index (χ3n) is 2.47. The van der Waals surface area contributed by atoms with Gasteiger partial charge in [-0.3, -0.25) is 14.6 Å². The highest BCUT2D eigenvalue weighted by molar-refractivity contribution is 5.89. The van der Waals surface area contributed by atoms with E-state index in [0.717, 1.165) is 0 Å². The summed E-state index contributed by atoms with van der Waals surface area (Å²) in [5.41, 5.74) is 5.30. The monoisotopic (exact) mass is 295 g/mol. The van der Waals surface area contributed by atoms with Gasteiger partial charge in [0.2, 0.25) is 5.95 Å². The first-order chi connectivity index (χ1) is 7.61. The van der Waals surface area contributed by atoms with Gasteiger partial charge in [0.05, 0.1) is 0 Å².